The SMILES string of the molecule is CSc1cc(C)[nH]c(=O)c1CNC(=O)c1c(C)n([C@H](C)C2CCC(N3CCC(OC4CC4)C3)CC2)c2ncccc12. The summed E-state index contributed by atoms with van der Waals surface area (Å²) < 4.78 is 8.49. The second-order valence-corrected chi connectivity index (χ2v) is 13.1. The van der Waals surface area contributed by atoms with E-state index >= 15 is 0 Å². The number of aromatic nitrogens is 3. The minimum atomic E-state index is -0.167. The molecule has 0 aromatic carbocycles. The van der Waals surface area contributed by atoms with E-state index in [0.717, 1.165) is 33.9 Å². The molecule has 41 heavy (non-hydrogen) atoms. The molecule has 1 amide bonds. The second-order valence-electron chi connectivity index (χ2n) is 12.3. The number of nitrogens with one attached hydrogen (secondary N) is 2. The number of amides is 1. The Hall–Kier alpha value is -2.62. The van der Waals surface area contributed by atoms with Gasteiger partial charge in [0, 0.05) is 65.1 Å². The van der Waals surface area contributed by atoms with Gasteiger partial charge in [0.25, 0.3) is 11.5 Å². The third kappa shape index (κ3) is 5.86. The fourth-order valence-corrected chi connectivity index (χ4v) is 7.87. The van der Waals surface area contributed by atoms with E-state index in [-0.39, 0.29) is 24.1 Å². The number of carbonyl (C=O) groups excluding carboxylic acids is 1. The van der Waals surface area contributed by atoms with Crippen molar-refractivity contribution in [3.05, 3.63) is 57.3 Å². The lowest BCUT2D eigenvalue weighted by molar-refractivity contribution is 0.0387. The molecule has 6 rings (SSSR count). The molecule has 9 heteroatoms. The monoisotopic (exact) mass is 577 g/mol. The Balaban J connectivity index is 1.16. The highest BCUT2D eigenvalue weighted by atomic mass is 32.2. The molecule has 1 saturated heterocycles. The van der Waals surface area contributed by atoms with Crippen LogP contribution in [0.4, 0.5) is 0 Å². The van der Waals surface area contributed by atoms with Gasteiger partial charge in [-0.3, -0.25) is 14.5 Å². The number of rotatable bonds is 9. The van der Waals surface area contributed by atoms with Crippen LogP contribution in [0.5, 0.6) is 0 Å². The number of thioether (sulfide) groups is 1. The molecule has 0 bridgehead atoms. The van der Waals surface area contributed by atoms with E-state index in [4.69, 9.17) is 9.72 Å². The van der Waals surface area contributed by atoms with Crippen molar-refractivity contribution in [2.45, 2.75) is 101 Å². The molecular formula is C32H43N5O3S. The van der Waals surface area contributed by atoms with Crippen LogP contribution in [-0.2, 0) is 11.3 Å². The maximum Gasteiger partial charge on any atom is 0.254 e. The molecule has 3 aromatic rings. The van der Waals surface area contributed by atoms with E-state index in [0.29, 0.717) is 35.3 Å². The van der Waals surface area contributed by atoms with E-state index in [9.17, 15) is 9.59 Å². The highest BCUT2D eigenvalue weighted by Crippen LogP contribution is 2.39. The van der Waals surface area contributed by atoms with Crippen molar-refractivity contribution in [1.29, 1.82) is 0 Å². The fraction of sp³-hybridized carbons (Fsp3) is 0.594. The van der Waals surface area contributed by atoms with Crippen LogP contribution in [0.3, 0.4) is 0 Å². The average Bonchev–Trinajstić information content (AvgIpc) is 3.57. The summed E-state index contributed by atoms with van der Waals surface area (Å²) in [6.07, 6.45) is 13.2. The van der Waals surface area contributed by atoms with Crippen molar-refractivity contribution < 1.29 is 9.53 Å². The van der Waals surface area contributed by atoms with Crippen LogP contribution in [0.25, 0.3) is 11.0 Å². The van der Waals surface area contributed by atoms with Crippen molar-refractivity contribution in [1.82, 2.24) is 24.8 Å². The molecule has 4 heterocycles. The number of hydrogen-bond acceptors (Lipinski definition) is 6. The van der Waals surface area contributed by atoms with E-state index in [1.54, 1.807) is 0 Å². The van der Waals surface area contributed by atoms with Gasteiger partial charge in [-0.2, -0.15) is 0 Å². The largest absolute Gasteiger partial charge is 0.374 e. The highest BCUT2D eigenvalue weighted by Gasteiger charge is 2.36. The molecule has 3 aromatic heterocycles. The van der Waals surface area contributed by atoms with Gasteiger partial charge in [-0.25, -0.2) is 4.98 Å². The van der Waals surface area contributed by atoms with Gasteiger partial charge < -0.3 is 19.6 Å². The number of pyridine rings is 2. The van der Waals surface area contributed by atoms with E-state index in [1.807, 2.05) is 44.5 Å². The van der Waals surface area contributed by atoms with Gasteiger partial charge in [-0.15, -0.1) is 11.8 Å². The van der Waals surface area contributed by atoms with Crippen molar-refractivity contribution in [3.63, 3.8) is 0 Å². The van der Waals surface area contributed by atoms with Crippen molar-refractivity contribution in [2.24, 2.45) is 5.92 Å². The average molecular weight is 578 g/mol. The summed E-state index contributed by atoms with van der Waals surface area (Å²) >= 11 is 1.52. The Morgan fingerprint density at radius 1 is 1.17 bits per heavy atom. The quantitative estimate of drug-likeness (QED) is 0.333. The van der Waals surface area contributed by atoms with Gasteiger partial charge in [-0.1, -0.05) is 0 Å². The minimum absolute atomic E-state index is 0.153. The number of ether oxygens (including phenoxy) is 1. The lowest BCUT2D eigenvalue weighted by Crippen LogP contribution is -2.38. The first-order valence-corrected chi connectivity index (χ1v) is 16.5. The molecule has 1 unspecified atom stereocenters. The van der Waals surface area contributed by atoms with Crippen molar-refractivity contribution >= 4 is 28.7 Å². The number of aromatic amines is 1. The fourth-order valence-electron chi connectivity index (χ4n) is 7.17. The molecule has 8 nitrogen and oxygen atoms in total. The Morgan fingerprint density at radius 2 is 1.95 bits per heavy atom. The van der Waals surface area contributed by atoms with Gasteiger partial charge in [0.05, 0.1) is 17.8 Å². The van der Waals surface area contributed by atoms with Crippen LogP contribution in [0.15, 0.2) is 34.1 Å². The molecule has 2 atom stereocenters. The number of aryl methyl sites for hydroxylation is 1. The molecular weight excluding hydrogens is 534 g/mol. The first-order valence-electron chi connectivity index (χ1n) is 15.2. The predicted octanol–water partition coefficient (Wildman–Crippen LogP) is 5.37. The first kappa shape index (κ1) is 28.5. The van der Waals surface area contributed by atoms with Crippen LogP contribution in [0.2, 0.25) is 0 Å². The van der Waals surface area contributed by atoms with Crippen molar-refractivity contribution in [3.8, 4) is 0 Å². The van der Waals surface area contributed by atoms with E-state index in [1.165, 1.54) is 63.3 Å². The maximum atomic E-state index is 13.6. The molecule has 2 N–H and O–H groups in total. The first-order chi connectivity index (χ1) is 19.8. The molecule has 3 fully saturated rings. The summed E-state index contributed by atoms with van der Waals surface area (Å²) in [5.74, 6) is 0.369. The third-order valence-corrected chi connectivity index (χ3v) is 10.3. The summed E-state index contributed by atoms with van der Waals surface area (Å²) in [5, 5.41) is 3.91. The second kappa shape index (κ2) is 11.9. The Bertz CT molecular complexity index is 1470. The highest BCUT2D eigenvalue weighted by molar-refractivity contribution is 7.98. The van der Waals surface area contributed by atoms with Crippen molar-refractivity contribution in [2.75, 3.05) is 19.3 Å². The Morgan fingerprint density at radius 3 is 2.68 bits per heavy atom. The zero-order valence-corrected chi connectivity index (χ0v) is 25.6. The molecule has 1 aliphatic heterocycles. The zero-order chi connectivity index (χ0) is 28.7. The summed E-state index contributed by atoms with van der Waals surface area (Å²) in [7, 11) is 0. The molecule has 0 radical (unpaired) electrons. The van der Waals surface area contributed by atoms with Crippen LogP contribution < -0.4 is 10.9 Å². The summed E-state index contributed by atoms with van der Waals surface area (Å²) in [6, 6.07) is 6.73. The molecule has 0 spiro atoms. The molecule has 220 valence electrons. The van der Waals surface area contributed by atoms with Gasteiger partial charge in [0.2, 0.25) is 0 Å². The maximum absolute atomic E-state index is 13.6. The number of nitrogens with zero attached hydrogens (tertiary/aromatic N) is 3. The minimum Gasteiger partial charge on any atom is -0.374 e. The van der Waals surface area contributed by atoms with Crippen LogP contribution in [0.1, 0.15) is 85.2 Å². The molecule has 2 aliphatic carbocycles. The normalized spacial score (nSPS) is 24.1. The van der Waals surface area contributed by atoms with Gasteiger partial charge >= 0.3 is 0 Å². The summed E-state index contributed by atoms with van der Waals surface area (Å²) in [5.41, 5.74) is 3.70. The predicted molar refractivity (Wildman–Crippen MR) is 164 cm³/mol. The Kier molecular flexibility index (Phi) is 8.30. The lowest BCUT2D eigenvalue weighted by atomic mass is 9.81. The molecule has 3 aliphatic rings. The Labute approximate surface area is 246 Å². The van der Waals surface area contributed by atoms with E-state index in [2.05, 4.69) is 26.7 Å². The zero-order valence-electron chi connectivity index (χ0n) is 24.7. The number of carbonyl (C=O) groups is 1. The number of likely N-dealkylation sites (tertiary alicyclic amines) is 1. The van der Waals surface area contributed by atoms with Crippen LogP contribution in [0, 0.1) is 19.8 Å². The van der Waals surface area contributed by atoms with Crippen LogP contribution >= 0.6 is 11.8 Å². The summed E-state index contributed by atoms with van der Waals surface area (Å²) in [6.45, 7) is 8.64. The summed E-state index contributed by atoms with van der Waals surface area (Å²) in [4.78, 5) is 37.5. The van der Waals surface area contributed by atoms with Gasteiger partial charge in [-0.05, 0) is 96.1 Å². The number of fused-ring (bicyclic) bond motifs is 1. The topological polar surface area (TPSA) is 92.2 Å². The molecule has 2 saturated carbocycles. The van der Waals surface area contributed by atoms with E-state index < -0.39 is 0 Å². The van der Waals surface area contributed by atoms with Gasteiger partial charge in [0.1, 0.15) is 5.65 Å². The lowest BCUT2D eigenvalue weighted by Gasteiger charge is -2.37. The van der Waals surface area contributed by atoms with Crippen LogP contribution in [-0.4, -0.2) is 62.9 Å². The number of H-pyrrole nitrogens is 1. The smallest absolute Gasteiger partial charge is 0.254 e. The standard InChI is InChI=1S/C32H43N5O3S/c1-19-16-28(41-4)27(31(38)35-19)17-34-32(39)29-21(3)37(30-26(29)6-5-14-33-30)20(2)22-7-9-23(10-8-22)36-15-13-25(18-36)40-24-11-12-24/h5-6,14,16,20,22-25H,7-13,15,17-18H2,1-4H3,(H,34,39)(H,35,38)/t20-,22?,23?,25?/m1/s1. The van der Waals surface area contributed by atoms with Gasteiger partial charge in [0.15, 0.2) is 0 Å². The third-order valence-electron chi connectivity index (χ3n) is 9.54. The number of hydrogen-bond donors (Lipinski definition) is 2.